The Hall–Kier alpha value is -3.19. The van der Waals surface area contributed by atoms with Gasteiger partial charge >= 0.3 is 0 Å². The highest BCUT2D eigenvalue weighted by molar-refractivity contribution is 7.71. The van der Waals surface area contributed by atoms with E-state index in [1.54, 1.807) is 22.7 Å². The van der Waals surface area contributed by atoms with Crippen molar-refractivity contribution >= 4 is 18.1 Å². The number of aromatic amines is 1. The lowest BCUT2D eigenvalue weighted by Gasteiger charge is -2.22. The summed E-state index contributed by atoms with van der Waals surface area (Å²) in [6.07, 6.45) is 1.72. The molecule has 0 aliphatic rings. The fraction of sp³-hybridized carbons (Fsp3) is 0.227. The molecule has 29 heavy (non-hydrogen) atoms. The van der Waals surface area contributed by atoms with E-state index in [0.717, 1.165) is 22.4 Å². The minimum atomic E-state index is -0.0634. The molecule has 7 heteroatoms. The molecular formula is C22H24N4O2S. The Balaban J connectivity index is 1.81. The van der Waals surface area contributed by atoms with Crippen LogP contribution in [0.2, 0.25) is 0 Å². The number of amides is 1. The van der Waals surface area contributed by atoms with E-state index in [1.165, 1.54) is 0 Å². The van der Waals surface area contributed by atoms with Crippen LogP contribution in [-0.4, -0.2) is 39.2 Å². The Labute approximate surface area is 175 Å². The van der Waals surface area contributed by atoms with Crippen molar-refractivity contribution in [1.29, 1.82) is 0 Å². The molecule has 0 saturated heterocycles. The van der Waals surface area contributed by atoms with E-state index in [1.807, 2.05) is 55.5 Å². The summed E-state index contributed by atoms with van der Waals surface area (Å²) in [4.78, 5) is 14.8. The molecule has 0 fully saturated rings. The molecule has 0 spiro atoms. The molecule has 0 unspecified atom stereocenters. The quantitative estimate of drug-likeness (QED) is 0.449. The topological polar surface area (TPSA) is 63.1 Å². The maximum absolute atomic E-state index is 13.1. The first-order chi connectivity index (χ1) is 14.0. The zero-order valence-corrected chi connectivity index (χ0v) is 17.4. The average molecular weight is 409 g/mol. The molecule has 1 N–H and O–H groups in total. The number of methoxy groups -OCH3 is 1. The highest BCUT2D eigenvalue weighted by atomic mass is 32.1. The second kappa shape index (κ2) is 9.34. The average Bonchev–Trinajstić information content (AvgIpc) is 3.09. The molecule has 6 nitrogen and oxygen atoms in total. The van der Waals surface area contributed by atoms with Gasteiger partial charge in [0.1, 0.15) is 12.3 Å². The molecular weight excluding hydrogens is 384 g/mol. The summed E-state index contributed by atoms with van der Waals surface area (Å²) < 4.78 is 7.34. The number of ether oxygens (including phenoxy) is 1. The summed E-state index contributed by atoms with van der Waals surface area (Å²) in [7, 11) is 1.63. The van der Waals surface area contributed by atoms with E-state index < -0.39 is 0 Å². The molecule has 0 aliphatic heterocycles. The van der Waals surface area contributed by atoms with Gasteiger partial charge in [-0.15, -0.1) is 6.58 Å². The van der Waals surface area contributed by atoms with Crippen LogP contribution in [0.25, 0.3) is 11.4 Å². The molecule has 0 atom stereocenters. The van der Waals surface area contributed by atoms with Gasteiger partial charge in [0, 0.05) is 18.7 Å². The first kappa shape index (κ1) is 20.5. The van der Waals surface area contributed by atoms with Crippen LogP contribution in [0.3, 0.4) is 0 Å². The van der Waals surface area contributed by atoms with Gasteiger partial charge in [-0.05, 0) is 36.8 Å². The fourth-order valence-electron chi connectivity index (χ4n) is 2.98. The number of hydrogen-bond donors (Lipinski definition) is 1. The van der Waals surface area contributed by atoms with Gasteiger partial charge in [-0.2, -0.15) is 5.10 Å². The van der Waals surface area contributed by atoms with Crippen LogP contribution >= 0.6 is 12.2 Å². The maximum Gasteiger partial charge on any atom is 0.243 e. The molecule has 0 aliphatic carbocycles. The minimum absolute atomic E-state index is 0.0634. The van der Waals surface area contributed by atoms with Crippen LogP contribution in [0, 0.1) is 11.7 Å². The summed E-state index contributed by atoms with van der Waals surface area (Å²) in [6, 6.07) is 15.6. The fourth-order valence-corrected chi connectivity index (χ4v) is 3.18. The Bertz CT molecular complexity index is 1040. The number of hydrogen-bond acceptors (Lipinski definition) is 4. The van der Waals surface area contributed by atoms with Crippen molar-refractivity contribution in [2.45, 2.75) is 20.0 Å². The molecule has 0 saturated carbocycles. The standard InChI is InChI=1S/C22H24N4O2S/c1-4-13-25(14-17-7-11-19(28-3)12-8-17)20(27)15-26-21(23-24-22(26)29)18-9-5-16(2)6-10-18/h4-12H,1,13-15H2,2-3H3,(H,24,29). The van der Waals surface area contributed by atoms with Crippen molar-refractivity contribution in [1.82, 2.24) is 19.7 Å². The van der Waals surface area contributed by atoms with E-state index >= 15 is 0 Å². The Kier molecular flexibility index (Phi) is 6.61. The molecule has 3 aromatic rings. The van der Waals surface area contributed by atoms with Crippen LogP contribution in [0.5, 0.6) is 5.75 Å². The summed E-state index contributed by atoms with van der Waals surface area (Å²) >= 11 is 5.37. The van der Waals surface area contributed by atoms with Crippen LogP contribution in [-0.2, 0) is 17.9 Å². The zero-order chi connectivity index (χ0) is 20.8. The second-order valence-corrected chi connectivity index (χ2v) is 7.10. The van der Waals surface area contributed by atoms with Gasteiger partial charge in [-0.1, -0.05) is 48.0 Å². The third kappa shape index (κ3) is 5.00. The SMILES string of the molecule is C=CCN(Cc1ccc(OC)cc1)C(=O)Cn1c(-c2ccc(C)cc2)n[nH]c1=S. The van der Waals surface area contributed by atoms with Crippen molar-refractivity contribution in [2.75, 3.05) is 13.7 Å². The van der Waals surface area contributed by atoms with Crippen molar-refractivity contribution in [3.8, 4) is 17.1 Å². The first-order valence-electron chi connectivity index (χ1n) is 9.25. The summed E-state index contributed by atoms with van der Waals surface area (Å²) in [5.41, 5.74) is 3.07. The van der Waals surface area contributed by atoms with Gasteiger partial charge < -0.3 is 9.64 Å². The van der Waals surface area contributed by atoms with Crippen molar-refractivity contribution in [2.24, 2.45) is 0 Å². The van der Waals surface area contributed by atoms with Gasteiger partial charge in [0.2, 0.25) is 5.91 Å². The van der Waals surface area contributed by atoms with E-state index in [-0.39, 0.29) is 12.5 Å². The monoisotopic (exact) mass is 408 g/mol. The third-order valence-electron chi connectivity index (χ3n) is 4.60. The van der Waals surface area contributed by atoms with Crippen molar-refractivity contribution < 1.29 is 9.53 Å². The summed E-state index contributed by atoms with van der Waals surface area (Å²) in [5, 5.41) is 7.12. The number of carbonyl (C=O) groups is 1. The molecule has 2 aromatic carbocycles. The van der Waals surface area contributed by atoms with Crippen LogP contribution in [0.15, 0.2) is 61.2 Å². The number of benzene rings is 2. The normalized spacial score (nSPS) is 10.6. The number of carbonyl (C=O) groups excluding carboxylic acids is 1. The van der Waals surface area contributed by atoms with Crippen LogP contribution in [0.4, 0.5) is 0 Å². The van der Waals surface area contributed by atoms with Gasteiger partial charge in [-0.3, -0.25) is 14.5 Å². The molecule has 0 bridgehead atoms. The molecule has 0 radical (unpaired) electrons. The molecule has 3 rings (SSSR count). The van der Waals surface area contributed by atoms with Gasteiger partial charge in [-0.25, -0.2) is 0 Å². The highest BCUT2D eigenvalue weighted by Crippen LogP contribution is 2.19. The predicted molar refractivity (Wildman–Crippen MR) is 116 cm³/mol. The number of nitrogens with one attached hydrogen (secondary N) is 1. The van der Waals surface area contributed by atoms with Gasteiger partial charge in [0.15, 0.2) is 10.6 Å². The maximum atomic E-state index is 13.1. The molecule has 1 aromatic heterocycles. The Morgan fingerprint density at radius 2 is 1.93 bits per heavy atom. The lowest BCUT2D eigenvalue weighted by Crippen LogP contribution is -2.33. The first-order valence-corrected chi connectivity index (χ1v) is 9.66. The lowest BCUT2D eigenvalue weighted by atomic mass is 10.1. The number of H-pyrrole nitrogens is 1. The second-order valence-electron chi connectivity index (χ2n) is 6.72. The number of nitrogens with zero attached hydrogens (tertiary/aromatic N) is 3. The predicted octanol–water partition coefficient (Wildman–Crippen LogP) is 4.14. The van der Waals surface area contributed by atoms with Crippen molar-refractivity contribution in [3.63, 3.8) is 0 Å². The van der Waals surface area contributed by atoms with Gasteiger partial charge in [0.05, 0.1) is 7.11 Å². The van der Waals surface area contributed by atoms with E-state index in [0.29, 0.717) is 23.7 Å². The Morgan fingerprint density at radius 3 is 2.55 bits per heavy atom. The minimum Gasteiger partial charge on any atom is -0.497 e. The highest BCUT2D eigenvalue weighted by Gasteiger charge is 2.17. The van der Waals surface area contributed by atoms with Gasteiger partial charge in [0.25, 0.3) is 0 Å². The summed E-state index contributed by atoms with van der Waals surface area (Å²) in [6.45, 7) is 6.82. The number of aryl methyl sites for hydroxylation is 1. The van der Waals surface area contributed by atoms with E-state index in [9.17, 15) is 4.79 Å². The van der Waals surface area contributed by atoms with E-state index in [2.05, 4.69) is 16.8 Å². The number of rotatable bonds is 8. The Morgan fingerprint density at radius 1 is 1.24 bits per heavy atom. The van der Waals surface area contributed by atoms with Crippen LogP contribution in [0.1, 0.15) is 11.1 Å². The largest absolute Gasteiger partial charge is 0.497 e. The molecule has 150 valence electrons. The lowest BCUT2D eigenvalue weighted by molar-refractivity contribution is -0.131. The van der Waals surface area contributed by atoms with Crippen LogP contribution < -0.4 is 4.74 Å². The molecule has 1 heterocycles. The smallest absolute Gasteiger partial charge is 0.243 e. The van der Waals surface area contributed by atoms with Crippen molar-refractivity contribution in [3.05, 3.63) is 77.1 Å². The molecule has 1 amide bonds. The van der Waals surface area contributed by atoms with E-state index in [4.69, 9.17) is 17.0 Å². The number of aromatic nitrogens is 3. The zero-order valence-electron chi connectivity index (χ0n) is 16.6. The summed E-state index contributed by atoms with van der Waals surface area (Å²) in [5.74, 6) is 1.36. The third-order valence-corrected chi connectivity index (χ3v) is 4.91.